The van der Waals surface area contributed by atoms with Crippen molar-refractivity contribution in [3.63, 3.8) is 0 Å². The second-order valence-electron chi connectivity index (χ2n) is 9.42. The molecule has 0 radical (unpaired) electrons. The first kappa shape index (κ1) is 32.9. The van der Waals surface area contributed by atoms with Gasteiger partial charge in [0.15, 0.2) is 5.75 Å². The van der Waals surface area contributed by atoms with Crippen molar-refractivity contribution in [2.24, 2.45) is 0 Å². The predicted octanol–water partition coefficient (Wildman–Crippen LogP) is 7.82. The molecule has 1 amide bonds. The van der Waals surface area contributed by atoms with Crippen molar-refractivity contribution in [1.82, 2.24) is 19.7 Å². The van der Waals surface area contributed by atoms with Gasteiger partial charge in [0.2, 0.25) is 0 Å². The number of ether oxygens (including phenoxy) is 1. The largest absolute Gasteiger partial charge is 0.435 e. The average molecular weight is 672 g/mol. The quantitative estimate of drug-likeness (QED) is 0.132. The van der Waals surface area contributed by atoms with Crippen molar-refractivity contribution in [3.05, 3.63) is 70.7 Å². The average Bonchev–Trinajstić information content (AvgIpc) is 3.57. The summed E-state index contributed by atoms with van der Waals surface area (Å²) in [6, 6.07) is 3.12. The van der Waals surface area contributed by atoms with Crippen LogP contribution in [0.4, 0.5) is 39.5 Å². The highest BCUT2D eigenvalue weighted by Gasteiger charge is 2.73. The highest BCUT2D eigenvalue weighted by Crippen LogP contribution is 2.55. The van der Waals surface area contributed by atoms with Gasteiger partial charge in [0.25, 0.3) is 5.91 Å². The van der Waals surface area contributed by atoms with Crippen molar-refractivity contribution in [2.75, 3.05) is 6.54 Å². The van der Waals surface area contributed by atoms with Crippen LogP contribution in [0.25, 0.3) is 16.8 Å². The van der Waals surface area contributed by atoms with Gasteiger partial charge in [-0.2, -0.15) is 45.5 Å². The minimum absolute atomic E-state index is 0.00906. The van der Waals surface area contributed by atoms with E-state index < -0.39 is 58.1 Å². The van der Waals surface area contributed by atoms with E-state index in [-0.39, 0.29) is 40.5 Å². The van der Waals surface area contributed by atoms with Crippen LogP contribution in [0.1, 0.15) is 28.8 Å². The first-order valence-electron chi connectivity index (χ1n) is 12.1. The van der Waals surface area contributed by atoms with Crippen molar-refractivity contribution < 1.29 is 49.0 Å². The van der Waals surface area contributed by atoms with Gasteiger partial charge in [0, 0.05) is 35.6 Å². The SMILES string of the molecule is C=CCN(C(=O)c1cc(-c2cnn(-c3c(Cl)cc(C(F)(C(F)(F)F)C(F)(F)F)cc3OC(F)F)c2)cnc1Cl)C1(C#N)CC1. The lowest BCUT2D eigenvalue weighted by molar-refractivity contribution is -0.348. The molecule has 1 saturated carbocycles. The van der Waals surface area contributed by atoms with Gasteiger partial charge in [-0.3, -0.25) is 4.79 Å². The fourth-order valence-corrected chi connectivity index (χ4v) is 4.79. The van der Waals surface area contributed by atoms with Gasteiger partial charge in [0.05, 0.1) is 22.9 Å². The molecule has 2 aromatic heterocycles. The third-order valence-corrected chi connectivity index (χ3v) is 7.23. The lowest BCUT2D eigenvalue weighted by Gasteiger charge is -2.31. The number of nitrogens with zero attached hydrogens (tertiary/aromatic N) is 5. The Kier molecular flexibility index (Phi) is 8.62. The molecule has 0 atom stereocenters. The Morgan fingerprint density at radius 3 is 2.27 bits per heavy atom. The Morgan fingerprint density at radius 2 is 1.75 bits per heavy atom. The lowest BCUT2D eigenvalue weighted by atomic mass is 9.93. The van der Waals surface area contributed by atoms with Gasteiger partial charge in [-0.25, -0.2) is 14.1 Å². The number of rotatable bonds is 9. The molecule has 0 aliphatic heterocycles. The van der Waals surface area contributed by atoms with E-state index in [1.807, 2.05) is 0 Å². The Balaban J connectivity index is 1.79. The number of alkyl halides is 9. The smallest absolute Gasteiger partial charge is 0.432 e. The molecule has 1 aromatic carbocycles. The van der Waals surface area contributed by atoms with Crippen molar-refractivity contribution in [1.29, 1.82) is 5.26 Å². The predicted molar refractivity (Wildman–Crippen MR) is 137 cm³/mol. The third-order valence-electron chi connectivity index (χ3n) is 6.64. The van der Waals surface area contributed by atoms with E-state index >= 15 is 0 Å². The summed E-state index contributed by atoms with van der Waals surface area (Å²) in [6.07, 6.45) is -7.57. The molecular formula is C26H16Cl2F9N5O2. The summed E-state index contributed by atoms with van der Waals surface area (Å²) in [7, 11) is 0. The van der Waals surface area contributed by atoms with Crippen LogP contribution in [0.2, 0.25) is 10.2 Å². The number of aromatic nitrogens is 3. The van der Waals surface area contributed by atoms with E-state index in [9.17, 15) is 49.6 Å². The van der Waals surface area contributed by atoms with Crippen LogP contribution in [0.5, 0.6) is 5.75 Å². The molecule has 0 unspecified atom stereocenters. The van der Waals surface area contributed by atoms with E-state index in [2.05, 4.69) is 27.5 Å². The molecule has 44 heavy (non-hydrogen) atoms. The number of benzene rings is 1. The van der Waals surface area contributed by atoms with Crippen LogP contribution in [-0.4, -0.2) is 56.6 Å². The molecule has 234 valence electrons. The van der Waals surface area contributed by atoms with Crippen LogP contribution >= 0.6 is 23.2 Å². The van der Waals surface area contributed by atoms with E-state index in [0.717, 1.165) is 12.4 Å². The van der Waals surface area contributed by atoms with E-state index in [1.165, 1.54) is 23.2 Å². The van der Waals surface area contributed by atoms with Crippen molar-refractivity contribution in [2.45, 2.75) is 43.0 Å². The number of amides is 1. The molecule has 1 aliphatic rings. The van der Waals surface area contributed by atoms with Crippen LogP contribution in [-0.2, 0) is 5.67 Å². The summed E-state index contributed by atoms with van der Waals surface area (Å²) in [5.41, 5.74) is -9.86. The Labute approximate surface area is 252 Å². The number of nitriles is 1. The fourth-order valence-electron chi connectivity index (χ4n) is 4.31. The maximum Gasteiger partial charge on any atom is 0.435 e. The minimum Gasteiger partial charge on any atom is -0.432 e. The third kappa shape index (κ3) is 5.77. The Hall–Kier alpha value is -3.97. The summed E-state index contributed by atoms with van der Waals surface area (Å²) in [4.78, 5) is 18.6. The molecule has 0 N–H and O–H groups in total. The number of carbonyl (C=O) groups excluding carboxylic acids is 1. The van der Waals surface area contributed by atoms with E-state index in [1.54, 1.807) is 0 Å². The monoisotopic (exact) mass is 671 g/mol. The molecule has 7 nitrogen and oxygen atoms in total. The van der Waals surface area contributed by atoms with Gasteiger partial charge in [-0.15, -0.1) is 6.58 Å². The van der Waals surface area contributed by atoms with Gasteiger partial charge >= 0.3 is 24.6 Å². The summed E-state index contributed by atoms with van der Waals surface area (Å²) in [5.74, 6) is -2.02. The summed E-state index contributed by atoms with van der Waals surface area (Å²) >= 11 is 12.1. The Morgan fingerprint density at radius 1 is 1.11 bits per heavy atom. The molecule has 4 rings (SSSR count). The lowest BCUT2D eigenvalue weighted by Crippen LogP contribution is -2.50. The molecule has 0 saturated heterocycles. The van der Waals surface area contributed by atoms with Crippen LogP contribution in [0.3, 0.4) is 0 Å². The highest BCUT2D eigenvalue weighted by atomic mass is 35.5. The topological polar surface area (TPSA) is 84.0 Å². The maximum absolute atomic E-state index is 14.7. The molecular weight excluding hydrogens is 656 g/mol. The highest BCUT2D eigenvalue weighted by molar-refractivity contribution is 6.33. The van der Waals surface area contributed by atoms with E-state index in [0.29, 0.717) is 17.5 Å². The zero-order valence-electron chi connectivity index (χ0n) is 21.7. The zero-order valence-corrected chi connectivity index (χ0v) is 23.2. The number of pyridine rings is 1. The Bertz CT molecular complexity index is 1630. The van der Waals surface area contributed by atoms with Crippen molar-refractivity contribution in [3.8, 4) is 28.6 Å². The molecule has 1 fully saturated rings. The second kappa shape index (κ2) is 11.5. The van der Waals surface area contributed by atoms with Crippen LogP contribution < -0.4 is 4.74 Å². The van der Waals surface area contributed by atoms with Gasteiger partial charge < -0.3 is 9.64 Å². The summed E-state index contributed by atoms with van der Waals surface area (Å²) < 4.78 is 126. The molecule has 2 heterocycles. The van der Waals surface area contributed by atoms with E-state index in [4.69, 9.17) is 23.2 Å². The normalized spacial score (nSPS) is 14.7. The molecule has 0 bridgehead atoms. The molecule has 18 heteroatoms. The van der Waals surface area contributed by atoms with Crippen molar-refractivity contribution >= 4 is 29.1 Å². The number of hydrogen-bond acceptors (Lipinski definition) is 5. The zero-order chi connectivity index (χ0) is 32.8. The van der Waals surface area contributed by atoms with Crippen LogP contribution in [0.15, 0.2) is 49.4 Å². The minimum atomic E-state index is -6.55. The summed E-state index contributed by atoms with van der Waals surface area (Å²) in [5, 5.41) is 12.1. The van der Waals surface area contributed by atoms with Crippen LogP contribution in [0, 0.1) is 11.3 Å². The second-order valence-corrected chi connectivity index (χ2v) is 10.2. The standard InChI is InChI=1S/C26H16Cl2F9N5O2/c1-2-5-41(23(12-38)3-4-23)21(43)16-6-13(9-39-20(16)28)14-10-40-42(11-14)19-17(27)7-15(8-18(19)44-22(29)30)24(31,25(32,33)34)26(35,36)37/h2,6-11,22H,1,3-5H2. The molecule has 0 spiro atoms. The van der Waals surface area contributed by atoms with Gasteiger partial charge in [-0.05, 0) is 31.0 Å². The number of carbonyl (C=O) groups is 1. The summed E-state index contributed by atoms with van der Waals surface area (Å²) in [6.45, 7) is -0.189. The van der Waals surface area contributed by atoms with Gasteiger partial charge in [0.1, 0.15) is 16.4 Å². The number of hydrogen-bond donors (Lipinski definition) is 0. The first-order chi connectivity index (χ1) is 20.4. The van der Waals surface area contributed by atoms with Gasteiger partial charge in [-0.1, -0.05) is 29.3 Å². The molecule has 1 aliphatic carbocycles. The number of halogens is 11. The maximum atomic E-state index is 14.7. The molecule has 3 aromatic rings. The first-order valence-corrected chi connectivity index (χ1v) is 12.8. The fraction of sp³-hybridized carbons (Fsp3) is 0.308.